The molecule has 3 N–H and O–H groups in total. The lowest BCUT2D eigenvalue weighted by atomic mass is 10.0. The van der Waals surface area contributed by atoms with Crippen LogP contribution in [0.2, 0.25) is 0 Å². The Labute approximate surface area is 139 Å². The lowest BCUT2D eigenvalue weighted by Gasteiger charge is -2.25. The monoisotopic (exact) mass is 332 g/mol. The number of amides is 1. The summed E-state index contributed by atoms with van der Waals surface area (Å²) in [6.07, 6.45) is 2.32. The zero-order valence-electron chi connectivity index (χ0n) is 13.2. The molecule has 0 spiro atoms. The molecule has 0 unspecified atom stereocenters. The van der Waals surface area contributed by atoms with Gasteiger partial charge in [-0.3, -0.25) is 4.79 Å². The molecule has 0 fully saturated rings. The standard InChI is InChI=1S/C17H20N2O3S/c1-19(15(17(21)22)9-10-23-2)16(20)13-7-3-6-12-11(13)5-4-8-14(12)18/h3-8,15H,9-10,18H2,1-2H3,(H,21,22)/t15-/m0/s1. The van der Waals surface area contributed by atoms with Gasteiger partial charge in [0.2, 0.25) is 0 Å². The van der Waals surface area contributed by atoms with Crippen molar-refractivity contribution in [1.82, 2.24) is 4.90 Å². The number of rotatable bonds is 6. The maximum absolute atomic E-state index is 12.8. The van der Waals surface area contributed by atoms with E-state index in [0.29, 0.717) is 23.4 Å². The maximum atomic E-state index is 12.8. The Balaban J connectivity index is 2.39. The van der Waals surface area contributed by atoms with Crippen molar-refractivity contribution in [1.29, 1.82) is 0 Å². The Morgan fingerprint density at radius 1 is 1.22 bits per heavy atom. The highest BCUT2D eigenvalue weighted by molar-refractivity contribution is 7.98. The first-order chi connectivity index (χ1) is 11.0. The molecular weight excluding hydrogens is 312 g/mol. The third-order valence-corrected chi connectivity index (χ3v) is 4.50. The molecule has 6 heteroatoms. The quantitative estimate of drug-likeness (QED) is 0.795. The largest absolute Gasteiger partial charge is 0.480 e. The number of likely N-dealkylation sites (N-methyl/N-ethyl adjacent to an activating group) is 1. The minimum atomic E-state index is -0.991. The summed E-state index contributed by atoms with van der Waals surface area (Å²) in [5.41, 5.74) is 7.01. The first kappa shape index (κ1) is 17.1. The van der Waals surface area contributed by atoms with Gasteiger partial charge in [0, 0.05) is 23.7 Å². The topological polar surface area (TPSA) is 83.6 Å². The second-order valence-electron chi connectivity index (χ2n) is 5.30. The number of carboxylic acids is 1. The number of hydrogen-bond donors (Lipinski definition) is 2. The molecule has 23 heavy (non-hydrogen) atoms. The Kier molecular flexibility index (Phi) is 5.50. The lowest BCUT2D eigenvalue weighted by Crippen LogP contribution is -2.42. The highest BCUT2D eigenvalue weighted by Crippen LogP contribution is 2.25. The van der Waals surface area contributed by atoms with Crippen molar-refractivity contribution in [3.05, 3.63) is 42.0 Å². The SMILES string of the molecule is CSCC[C@@H](C(=O)O)N(C)C(=O)c1cccc2c(N)cccc12. The second kappa shape index (κ2) is 7.37. The number of thioether (sulfide) groups is 1. The molecule has 2 rings (SSSR count). The van der Waals surface area contributed by atoms with E-state index in [4.69, 9.17) is 5.73 Å². The minimum absolute atomic E-state index is 0.310. The van der Waals surface area contributed by atoms with Gasteiger partial charge in [0.05, 0.1) is 0 Å². The van der Waals surface area contributed by atoms with E-state index in [0.717, 1.165) is 10.8 Å². The van der Waals surface area contributed by atoms with Crippen LogP contribution in [0.15, 0.2) is 36.4 Å². The van der Waals surface area contributed by atoms with Crippen LogP contribution in [0.1, 0.15) is 16.8 Å². The molecule has 0 radical (unpaired) electrons. The summed E-state index contributed by atoms with van der Waals surface area (Å²) in [5.74, 6) is -0.624. The van der Waals surface area contributed by atoms with Gasteiger partial charge in [-0.25, -0.2) is 4.79 Å². The maximum Gasteiger partial charge on any atom is 0.326 e. The van der Waals surface area contributed by atoms with Gasteiger partial charge < -0.3 is 15.7 Å². The fourth-order valence-corrected chi connectivity index (χ4v) is 3.02. The van der Waals surface area contributed by atoms with Gasteiger partial charge in [-0.2, -0.15) is 11.8 Å². The van der Waals surface area contributed by atoms with E-state index in [1.165, 1.54) is 11.9 Å². The van der Waals surface area contributed by atoms with Crippen molar-refractivity contribution >= 4 is 40.1 Å². The van der Waals surface area contributed by atoms with Gasteiger partial charge in [-0.1, -0.05) is 24.3 Å². The molecule has 0 aliphatic carbocycles. The predicted molar refractivity (Wildman–Crippen MR) is 94.9 cm³/mol. The van der Waals surface area contributed by atoms with Crippen LogP contribution in [0.25, 0.3) is 10.8 Å². The third kappa shape index (κ3) is 3.59. The van der Waals surface area contributed by atoms with E-state index in [1.54, 1.807) is 36.0 Å². The van der Waals surface area contributed by atoms with E-state index in [2.05, 4.69) is 0 Å². The fraction of sp³-hybridized carbons (Fsp3) is 0.294. The molecule has 0 aliphatic rings. The fourth-order valence-electron chi connectivity index (χ4n) is 2.56. The van der Waals surface area contributed by atoms with Crippen LogP contribution < -0.4 is 5.73 Å². The number of carboxylic acid groups (broad SMARTS) is 1. The molecule has 2 aromatic rings. The molecule has 0 bridgehead atoms. The number of aliphatic carboxylic acids is 1. The van der Waals surface area contributed by atoms with Gasteiger partial charge in [0.1, 0.15) is 6.04 Å². The van der Waals surface area contributed by atoms with Crippen LogP contribution in [-0.4, -0.2) is 47.0 Å². The van der Waals surface area contributed by atoms with Crippen LogP contribution in [0.4, 0.5) is 5.69 Å². The number of benzene rings is 2. The highest BCUT2D eigenvalue weighted by Gasteiger charge is 2.27. The van der Waals surface area contributed by atoms with Crippen LogP contribution in [0.5, 0.6) is 0 Å². The summed E-state index contributed by atoms with van der Waals surface area (Å²) < 4.78 is 0. The number of nitrogens with two attached hydrogens (primary N) is 1. The lowest BCUT2D eigenvalue weighted by molar-refractivity contribution is -0.142. The molecule has 0 aromatic heterocycles. The zero-order valence-corrected chi connectivity index (χ0v) is 14.0. The number of carbonyl (C=O) groups excluding carboxylic acids is 1. The number of fused-ring (bicyclic) bond motifs is 1. The summed E-state index contributed by atoms with van der Waals surface area (Å²) in [6, 6.07) is 9.86. The summed E-state index contributed by atoms with van der Waals surface area (Å²) in [7, 11) is 1.53. The predicted octanol–water partition coefficient (Wildman–Crippen LogP) is 2.70. The van der Waals surface area contributed by atoms with Crippen LogP contribution in [0, 0.1) is 0 Å². The Hall–Kier alpha value is -2.21. The number of nitrogen functional groups attached to an aromatic ring is 1. The van der Waals surface area contributed by atoms with Crippen molar-refractivity contribution in [2.45, 2.75) is 12.5 Å². The molecule has 2 aromatic carbocycles. The molecule has 0 saturated heterocycles. The molecule has 1 amide bonds. The van der Waals surface area contributed by atoms with E-state index >= 15 is 0 Å². The van der Waals surface area contributed by atoms with Gasteiger partial charge in [0.15, 0.2) is 0 Å². The molecule has 0 aliphatic heterocycles. The molecule has 5 nitrogen and oxygen atoms in total. The molecule has 1 atom stereocenters. The van der Waals surface area contributed by atoms with E-state index in [-0.39, 0.29) is 5.91 Å². The summed E-state index contributed by atoms with van der Waals surface area (Å²) in [4.78, 5) is 25.6. The average molecular weight is 332 g/mol. The third-order valence-electron chi connectivity index (χ3n) is 3.85. The number of hydrogen-bond acceptors (Lipinski definition) is 4. The van der Waals surface area contributed by atoms with E-state index in [1.807, 2.05) is 18.4 Å². The summed E-state index contributed by atoms with van der Waals surface area (Å²) in [5, 5.41) is 10.9. The Bertz CT molecular complexity index is 733. The first-order valence-corrected chi connectivity index (χ1v) is 8.63. The van der Waals surface area contributed by atoms with Gasteiger partial charge >= 0.3 is 5.97 Å². The minimum Gasteiger partial charge on any atom is -0.480 e. The Morgan fingerprint density at radius 2 is 1.87 bits per heavy atom. The molecular formula is C17H20N2O3S. The second-order valence-corrected chi connectivity index (χ2v) is 6.29. The number of nitrogens with zero attached hydrogens (tertiary/aromatic N) is 1. The van der Waals surface area contributed by atoms with Crippen molar-refractivity contribution in [3.63, 3.8) is 0 Å². The molecule has 122 valence electrons. The molecule has 0 saturated carbocycles. The van der Waals surface area contributed by atoms with Crippen molar-refractivity contribution in [2.75, 3.05) is 24.8 Å². The summed E-state index contributed by atoms with van der Waals surface area (Å²) >= 11 is 1.56. The van der Waals surface area contributed by atoms with Crippen molar-refractivity contribution in [3.8, 4) is 0 Å². The van der Waals surface area contributed by atoms with E-state index in [9.17, 15) is 14.7 Å². The highest BCUT2D eigenvalue weighted by atomic mass is 32.2. The summed E-state index contributed by atoms with van der Waals surface area (Å²) in [6.45, 7) is 0. The Morgan fingerprint density at radius 3 is 2.52 bits per heavy atom. The van der Waals surface area contributed by atoms with Crippen molar-refractivity contribution in [2.24, 2.45) is 0 Å². The van der Waals surface area contributed by atoms with Crippen LogP contribution in [-0.2, 0) is 4.79 Å². The zero-order chi connectivity index (χ0) is 17.0. The van der Waals surface area contributed by atoms with Gasteiger partial charge in [0.25, 0.3) is 5.91 Å². The smallest absolute Gasteiger partial charge is 0.326 e. The average Bonchev–Trinajstić information content (AvgIpc) is 2.54. The normalized spacial score (nSPS) is 12.1. The van der Waals surface area contributed by atoms with Crippen molar-refractivity contribution < 1.29 is 14.7 Å². The number of anilines is 1. The number of carbonyl (C=O) groups is 2. The molecule has 0 heterocycles. The van der Waals surface area contributed by atoms with Crippen LogP contribution >= 0.6 is 11.8 Å². The van der Waals surface area contributed by atoms with Crippen LogP contribution in [0.3, 0.4) is 0 Å². The van der Waals surface area contributed by atoms with Gasteiger partial charge in [-0.05, 0) is 35.9 Å². The van der Waals surface area contributed by atoms with E-state index < -0.39 is 12.0 Å². The van der Waals surface area contributed by atoms with Gasteiger partial charge in [-0.15, -0.1) is 0 Å². The first-order valence-electron chi connectivity index (χ1n) is 7.23.